The van der Waals surface area contributed by atoms with Gasteiger partial charge in [0.25, 0.3) is 0 Å². The fourth-order valence-electron chi connectivity index (χ4n) is 0.890. The first kappa shape index (κ1) is 7.07. The van der Waals surface area contributed by atoms with Crippen molar-refractivity contribution in [1.29, 1.82) is 0 Å². The molecule has 0 bridgehead atoms. The van der Waals surface area contributed by atoms with Crippen LogP contribution >= 0.6 is 0 Å². The van der Waals surface area contributed by atoms with Crippen LogP contribution in [0.1, 0.15) is 32.6 Å². The van der Waals surface area contributed by atoms with Gasteiger partial charge in [-0.25, -0.2) is 0 Å². The summed E-state index contributed by atoms with van der Waals surface area (Å²) >= 11 is 0. The molecule has 1 radical (unpaired) electrons. The van der Waals surface area contributed by atoms with Crippen molar-refractivity contribution >= 4 is 0 Å². The zero-order valence-electron chi connectivity index (χ0n) is 6.10. The smallest absolute Gasteiger partial charge is 0.0841 e. The Hall–Kier alpha value is -0.0400. The molecule has 0 amide bonds. The maximum absolute atomic E-state index is 5.03. The average Bonchev–Trinajstić information content (AvgIpc) is 2.63. The Balaban J connectivity index is 1.71. The Labute approximate surface area is 57.4 Å². The average molecular weight is 127 g/mol. The van der Waals surface area contributed by atoms with Crippen LogP contribution in [-0.4, -0.2) is 12.7 Å². The topological polar surface area (TPSA) is 12.5 Å². The summed E-state index contributed by atoms with van der Waals surface area (Å²) in [5.74, 6) is 0. The van der Waals surface area contributed by atoms with Crippen molar-refractivity contribution < 1.29 is 4.74 Å². The van der Waals surface area contributed by atoms with Crippen LogP contribution in [-0.2, 0) is 4.74 Å². The quantitative estimate of drug-likeness (QED) is 0.407. The van der Waals surface area contributed by atoms with E-state index in [1.54, 1.807) is 0 Å². The van der Waals surface area contributed by atoms with Gasteiger partial charge in [0, 0.05) is 0 Å². The molecule has 1 aliphatic heterocycles. The van der Waals surface area contributed by atoms with Gasteiger partial charge in [-0.05, 0) is 12.8 Å². The van der Waals surface area contributed by atoms with E-state index in [9.17, 15) is 0 Å². The highest BCUT2D eigenvalue weighted by Crippen LogP contribution is 2.16. The molecule has 53 valence electrons. The van der Waals surface area contributed by atoms with Crippen molar-refractivity contribution in [3.05, 3.63) is 6.42 Å². The van der Waals surface area contributed by atoms with E-state index in [0.29, 0.717) is 6.10 Å². The van der Waals surface area contributed by atoms with Gasteiger partial charge in [0.1, 0.15) is 0 Å². The van der Waals surface area contributed by atoms with Crippen molar-refractivity contribution in [3.8, 4) is 0 Å². The predicted octanol–water partition coefficient (Wildman–Crippen LogP) is 2.17. The van der Waals surface area contributed by atoms with Crippen LogP contribution in [0.15, 0.2) is 0 Å². The largest absolute Gasteiger partial charge is 0.373 e. The molecule has 1 atom stereocenters. The molecule has 1 saturated heterocycles. The first-order chi connectivity index (χ1) is 4.43. The molecule has 0 spiro atoms. The van der Waals surface area contributed by atoms with Gasteiger partial charge in [-0.1, -0.05) is 26.2 Å². The second kappa shape index (κ2) is 3.89. The van der Waals surface area contributed by atoms with Gasteiger partial charge in [-0.3, -0.25) is 0 Å². The molecular weight excluding hydrogens is 112 g/mol. The summed E-state index contributed by atoms with van der Waals surface area (Å²) < 4.78 is 5.03. The standard InChI is InChI=1S/C8H15O/c1-2-3-4-5-6-8-7-9-8/h6,8H,2-5,7H2,1H3. The van der Waals surface area contributed by atoms with Gasteiger partial charge in [0.2, 0.25) is 0 Å². The predicted molar refractivity (Wildman–Crippen MR) is 38.2 cm³/mol. The third-order valence-electron chi connectivity index (χ3n) is 1.60. The van der Waals surface area contributed by atoms with Crippen molar-refractivity contribution in [3.63, 3.8) is 0 Å². The van der Waals surface area contributed by atoms with E-state index in [0.717, 1.165) is 6.61 Å². The molecule has 1 heteroatoms. The highest BCUT2D eigenvalue weighted by molar-refractivity contribution is 4.84. The third-order valence-corrected chi connectivity index (χ3v) is 1.60. The van der Waals surface area contributed by atoms with E-state index in [1.165, 1.54) is 25.7 Å². The van der Waals surface area contributed by atoms with E-state index in [2.05, 4.69) is 13.3 Å². The Morgan fingerprint density at radius 2 is 2.33 bits per heavy atom. The van der Waals surface area contributed by atoms with Crippen LogP contribution < -0.4 is 0 Å². The lowest BCUT2D eigenvalue weighted by Crippen LogP contribution is -1.85. The zero-order valence-corrected chi connectivity index (χ0v) is 6.10. The molecule has 1 unspecified atom stereocenters. The van der Waals surface area contributed by atoms with Crippen LogP contribution in [0.25, 0.3) is 0 Å². The highest BCUT2D eigenvalue weighted by atomic mass is 16.6. The lowest BCUT2D eigenvalue weighted by molar-refractivity contribution is 0.423. The summed E-state index contributed by atoms with van der Waals surface area (Å²) in [6.45, 7) is 3.21. The molecule has 0 N–H and O–H groups in total. The van der Waals surface area contributed by atoms with E-state index < -0.39 is 0 Å². The summed E-state index contributed by atoms with van der Waals surface area (Å²) in [5, 5.41) is 0. The number of unbranched alkanes of at least 4 members (excludes halogenated alkanes) is 3. The van der Waals surface area contributed by atoms with Crippen LogP contribution in [0.2, 0.25) is 0 Å². The van der Waals surface area contributed by atoms with Crippen molar-refractivity contribution in [2.75, 3.05) is 6.61 Å². The van der Waals surface area contributed by atoms with Gasteiger partial charge in [-0.15, -0.1) is 0 Å². The van der Waals surface area contributed by atoms with Gasteiger partial charge in [0.05, 0.1) is 12.7 Å². The monoisotopic (exact) mass is 127 g/mol. The molecule has 1 heterocycles. The molecular formula is C8H15O. The SMILES string of the molecule is CCCCC[CH]C1CO1. The summed E-state index contributed by atoms with van der Waals surface area (Å²) in [6, 6.07) is 0. The maximum Gasteiger partial charge on any atom is 0.0841 e. The molecule has 1 fully saturated rings. The second-order valence-electron chi connectivity index (χ2n) is 2.60. The van der Waals surface area contributed by atoms with Crippen LogP contribution in [0, 0.1) is 6.42 Å². The highest BCUT2D eigenvalue weighted by Gasteiger charge is 2.21. The first-order valence-corrected chi connectivity index (χ1v) is 3.88. The maximum atomic E-state index is 5.03. The van der Waals surface area contributed by atoms with Crippen molar-refractivity contribution in [2.24, 2.45) is 0 Å². The molecule has 0 aliphatic carbocycles. The summed E-state index contributed by atoms with van der Waals surface area (Å²) in [4.78, 5) is 0. The fraction of sp³-hybridized carbons (Fsp3) is 0.875. The van der Waals surface area contributed by atoms with Gasteiger partial charge in [-0.2, -0.15) is 0 Å². The molecule has 0 aromatic heterocycles. The number of epoxide rings is 1. The molecule has 1 aliphatic rings. The number of ether oxygens (including phenoxy) is 1. The van der Waals surface area contributed by atoms with Crippen LogP contribution in [0.4, 0.5) is 0 Å². The molecule has 0 saturated carbocycles. The number of hydrogen-bond donors (Lipinski definition) is 0. The summed E-state index contributed by atoms with van der Waals surface area (Å²) in [6.07, 6.45) is 8.09. The Kier molecular flexibility index (Phi) is 3.05. The van der Waals surface area contributed by atoms with E-state index >= 15 is 0 Å². The summed E-state index contributed by atoms with van der Waals surface area (Å²) in [7, 11) is 0. The van der Waals surface area contributed by atoms with E-state index in [4.69, 9.17) is 4.74 Å². The summed E-state index contributed by atoms with van der Waals surface area (Å²) in [5.41, 5.74) is 0. The second-order valence-corrected chi connectivity index (χ2v) is 2.60. The van der Waals surface area contributed by atoms with Crippen molar-refractivity contribution in [2.45, 2.75) is 38.7 Å². The molecule has 0 aromatic carbocycles. The minimum atomic E-state index is 0.529. The zero-order chi connectivity index (χ0) is 6.53. The van der Waals surface area contributed by atoms with Gasteiger partial charge < -0.3 is 4.74 Å². The number of hydrogen-bond acceptors (Lipinski definition) is 1. The van der Waals surface area contributed by atoms with E-state index in [1.807, 2.05) is 0 Å². The minimum Gasteiger partial charge on any atom is -0.373 e. The van der Waals surface area contributed by atoms with Gasteiger partial charge >= 0.3 is 0 Å². The van der Waals surface area contributed by atoms with Crippen molar-refractivity contribution in [1.82, 2.24) is 0 Å². The van der Waals surface area contributed by atoms with Crippen LogP contribution in [0.3, 0.4) is 0 Å². The van der Waals surface area contributed by atoms with Crippen LogP contribution in [0.5, 0.6) is 0 Å². The lowest BCUT2D eigenvalue weighted by Gasteiger charge is -1.93. The molecule has 1 rings (SSSR count). The fourth-order valence-corrected chi connectivity index (χ4v) is 0.890. The van der Waals surface area contributed by atoms with Gasteiger partial charge in [0.15, 0.2) is 0 Å². The molecule has 0 aromatic rings. The number of rotatable bonds is 5. The Morgan fingerprint density at radius 1 is 1.56 bits per heavy atom. The lowest BCUT2D eigenvalue weighted by atomic mass is 10.1. The first-order valence-electron chi connectivity index (χ1n) is 3.88. The third kappa shape index (κ3) is 3.52. The molecule has 9 heavy (non-hydrogen) atoms. The Bertz CT molecular complexity index is 67.0. The normalized spacial score (nSPS) is 24.3. The Morgan fingerprint density at radius 3 is 2.89 bits per heavy atom. The minimum absolute atomic E-state index is 0.529. The van der Waals surface area contributed by atoms with E-state index in [-0.39, 0.29) is 0 Å². The molecule has 1 nitrogen and oxygen atoms in total.